The average molecular weight is 310 g/mol. The van der Waals surface area contributed by atoms with Crippen LogP contribution in [0.2, 0.25) is 0 Å². The molecule has 0 aromatic rings. The molecule has 0 aromatic carbocycles. The standard InChI is InChI=1S/C17H30N2O3/c1-17(2,3)22-16(20)19-6-7-21-11-14(19)10-18-15-9-12-4-5-13(15)8-12/h12-15,18H,4-11H2,1-3H3. The minimum Gasteiger partial charge on any atom is -0.444 e. The fourth-order valence-corrected chi connectivity index (χ4v) is 4.17. The van der Waals surface area contributed by atoms with Crippen LogP contribution in [-0.2, 0) is 9.47 Å². The van der Waals surface area contributed by atoms with Crippen LogP contribution in [0.1, 0.15) is 46.5 Å². The number of nitrogens with zero attached hydrogens (tertiary/aromatic N) is 1. The van der Waals surface area contributed by atoms with Gasteiger partial charge < -0.3 is 14.8 Å². The predicted octanol–water partition coefficient (Wildman–Crippen LogP) is 2.40. The number of ether oxygens (including phenoxy) is 2. The molecular weight excluding hydrogens is 280 g/mol. The van der Waals surface area contributed by atoms with Crippen LogP contribution < -0.4 is 5.32 Å². The molecule has 126 valence electrons. The molecule has 1 saturated heterocycles. The fraction of sp³-hybridized carbons (Fsp3) is 0.941. The number of carbonyl (C=O) groups excluding carboxylic acids is 1. The number of nitrogens with one attached hydrogen (secondary N) is 1. The Bertz CT molecular complexity index is 407. The molecule has 0 aromatic heterocycles. The van der Waals surface area contributed by atoms with Crippen molar-refractivity contribution in [3.05, 3.63) is 0 Å². The monoisotopic (exact) mass is 310 g/mol. The van der Waals surface area contributed by atoms with Gasteiger partial charge in [-0.05, 0) is 51.9 Å². The number of morpholine rings is 1. The van der Waals surface area contributed by atoms with E-state index < -0.39 is 5.60 Å². The molecule has 3 rings (SSSR count). The third-order valence-corrected chi connectivity index (χ3v) is 5.21. The van der Waals surface area contributed by atoms with Crippen molar-refractivity contribution in [3.8, 4) is 0 Å². The Balaban J connectivity index is 1.52. The van der Waals surface area contributed by atoms with Gasteiger partial charge in [-0.15, -0.1) is 0 Å². The van der Waals surface area contributed by atoms with Gasteiger partial charge in [-0.2, -0.15) is 0 Å². The second kappa shape index (κ2) is 6.36. The first kappa shape index (κ1) is 16.1. The Morgan fingerprint density at radius 3 is 2.77 bits per heavy atom. The molecule has 5 heteroatoms. The second-order valence-corrected chi connectivity index (χ2v) is 8.09. The van der Waals surface area contributed by atoms with Gasteiger partial charge in [0.15, 0.2) is 0 Å². The van der Waals surface area contributed by atoms with Crippen LogP contribution in [0, 0.1) is 11.8 Å². The number of fused-ring (bicyclic) bond motifs is 2. The zero-order valence-electron chi connectivity index (χ0n) is 14.1. The summed E-state index contributed by atoms with van der Waals surface area (Å²) in [5, 5.41) is 3.70. The lowest BCUT2D eigenvalue weighted by Gasteiger charge is -2.37. The van der Waals surface area contributed by atoms with Gasteiger partial charge in [0, 0.05) is 19.1 Å². The summed E-state index contributed by atoms with van der Waals surface area (Å²) in [5.41, 5.74) is -0.446. The maximum absolute atomic E-state index is 12.4. The molecule has 2 bridgehead atoms. The molecule has 1 aliphatic heterocycles. The number of hydrogen-bond donors (Lipinski definition) is 1. The summed E-state index contributed by atoms with van der Waals surface area (Å²) in [6.45, 7) is 8.37. The highest BCUT2D eigenvalue weighted by Gasteiger charge is 2.40. The maximum Gasteiger partial charge on any atom is 0.410 e. The normalized spacial score (nSPS) is 35.0. The summed E-state index contributed by atoms with van der Waals surface area (Å²) in [4.78, 5) is 14.2. The van der Waals surface area contributed by atoms with E-state index in [1.807, 2.05) is 25.7 Å². The Morgan fingerprint density at radius 1 is 1.32 bits per heavy atom. The minimum absolute atomic E-state index is 0.0859. The molecule has 4 unspecified atom stereocenters. The van der Waals surface area contributed by atoms with Crippen LogP contribution in [0.25, 0.3) is 0 Å². The lowest BCUT2D eigenvalue weighted by molar-refractivity contribution is -0.0325. The summed E-state index contributed by atoms with van der Waals surface area (Å²) >= 11 is 0. The zero-order valence-corrected chi connectivity index (χ0v) is 14.1. The van der Waals surface area contributed by atoms with Gasteiger partial charge in [-0.25, -0.2) is 4.79 Å². The molecule has 0 radical (unpaired) electrons. The van der Waals surface area contributed by atoms with Crippen LogP contribution >= 0.6 is 0 Å². The number of amides is 1. The van der Waals surface area contributed by atoms with E-state index in [4.69, 9.17) is 9.47 Å². The van der Waals surface area contributed by atoms with Crippen molar-refractivity contribution in [1.82, 2.24) is 10.2 Å². The molecule has 3 fully saturated rings. The first-order chi connectivity index (χ1) is 10.4. The first-order valence-electron chi connectivity index (χ1n) is 8.73. The van der Waals surface area contributed by atoms with Gasteiger partial charge in [-0.3, -0.25) is 4.90 Å². The van der Waals surface area contributed by atoms with Crippen molar-refractivity contribution < 1.29 is 14.3 Å². The smallest absolute Gasteiger partial charge is 0.410 e. The lowest BCUT2D eigenvalue weighted by Crippen LogP contribution is -2.55. The van der Waals surface area contributed by atoms with E-state index in [0.29, 0.717) is 25.8 Å². The van der Waals surface area contributed by atoms with Crippen molar-refractivity contribution in [2.45, 2.75) is 64.1 Å². The largest absolute Gasteiger partial charge is 0.444 e. The second-order valence-electron chi connectivity index (χ2n) is 8.09. The number of carbonyl (C=O) groups is 1. The molecule has 4 atom stereocenters. The topological polar surface area (TPSA) is 50.8 Å². The van der Waals surface area contributed by atoms with E-state index in [1.165, 1.54) is 25.7 Å². The summed E-state index contributed by atoms with van der Waals surface area (Å²) in [6, 6.07) is 0.726. The van der Waals surface area contributed by atoms with Gasteiger partial charge in [0.2, 0.25) is 0 Å². The van der Waals surface area contributed by atoms with E-state index >= 15 is 0 Å². The minimum atomic E-state index is -0.446. The van der Waals surface area contributed by atoms with E-state index in [2.05, 4.69) is 5.32 Å². The van der Waals surface area contributed by atoms with Crippen LogP contribution in [0.5, 0.6) is 0 Å². The van der Waals surface area contributed by atoms with Crippen molar-refractivity contribution in [2.24, 2.45) is 11.8 Å². The van der Waals surface area contributed by atoms with Gasteiger partial charge >= 0.3 is 6.09 Å². The average Bonchev–Trinajstić information content (AvgIpc) is 3.06. The van der Waals surface area contributed by atoms with E-state index in [0.717, 1.165) is 18.4 Å². The third-order valence-electron chi connectivity index (χ3n) is 5.21. The van der Waals surface area contributed by atoms with E-state index in [-0.39, 0.29) is 12.1 Å². The van der Waals surface area contributed by atoms with Crippen molar-refractivity contribution in [1.29, 1.82) is 0 Å². The van der Waals surface area contributed by atoms with Gasteiger partial charge in [-0.1, -0.05) is 6.42 Å². The van der Waals surface area contributed by atoms with Crippen LogP contribution in [0.4, 0.5) is 4.79 Å². The van der Waals surface area contributed by atoms with Gasteiger partial charge in [0.1, 0.15) is 5.60 Å². The van der Waals surface area contributed by atoms with Crippen LogP contribution in [0.15, 0.2) is 0 Å². The number of rotatable bonds is 3. The van der Waals surface area contributed by atoms with Crippen LogP contribution in [0.3, 0.4) is 0 Å². The Kier molecular flexibility index (Phi) is 4.64. The number of hydrogen-bond acceptors (Lipinski definition) is 4. The summed E-state index contributed by atoms with van der Waals surface area (Å²) in [6.07, 6.45) is 5.29. The molecule has 1 N–H and O–H groups in total. The quantitative estimate of drug-likeness (QED) is 0.869. The highest BCUT2D eigenvalue weighted by atomic mass is 16.6. The molecule has 2 aliphatic carbocycles. The Morgan fingerprint density at radius 2 is 2.14 bits per heavy atom. The SMILES string of the molecule is CC(C)(C)OC(=O)N1CCOCC1CNC1CC2CCC1C2. The zero-order chi connectivity index (χ0) is 15.7. The Labute approximate surface area is 133 Å². The Hall–Kier alpha value is -0.810. The first-order valence-corrected chi connectivity index (χ1v) is 8.73. The highest BCUT2D eigenvalue weighted by molar-refractivity contribution is 5.68. The summed E-state index contributed by atoms with van der Waals surface area (Å²) < 4.78 is 11.1. The molecule has 1 heterocycles. The predicted molar refractivity (Wildman–Crippen MR) is 84.8 cm³/mol. The third kappa shape index (κ3) is 3.74. The lowest BCUT2D eigenvalue weighted by atomic mass is 9.95. The highest BCUT2D eigenvalue weighted by Crippen LogP contribution is 2.44. The summed E-state index contributed by atoms with van der Waals surface area (Å²) in [7, 11) is 0. The molecule has 3 aliphatic rings. The molecule has 5 nitrogen and oxygen atoms in total. The molecular formula is C17H30N2O3. The van der Waals surface area contributed by atoms with E-state index in [9.17, 15) is 4.79 Å². The van der Waals surface area contributed by atoms with Crippen molar-refractivity contribution in [3.63, 3.8) is 0 Å². The molecule has 2 saturated carbocycles. The van der Waals surface area contributed by atoms with Gasteiger partial charge in [0.05, 0.1) is 19.3 Å². The van der Waals surface area contributed by atoms with Crippen molar-refractivity contribution >= 4 is 6.09 Å². The van der Waals surface area contributed by atoms with E-state index in [1.54, 1.807) is 0 Å². The van der Waals surface area contributed by atoms with Crippen LogP contribution in [-0.4, -0.2) is 55.0 Å². The molecule has 0 spiro atoms. The molecule has 1 amide bonds. The van der Waals surface area contributed by atoms with Gasteiger partial charge in [0.25, 0.3) is 0 Å². The maximum atomic E-state index is 12.4. The fourth-order valence-electron chi connectivity index (χ4n) is 4.17. The summed E-state index contributed by atoms with van der Waals surface area (Å²) in [5.74, 6) is 1.79. The van der Waals surface area contributed by atoms with Crippen molar-refractivity contribution in [2.75, 3.05) is 26.3 Å². The molecule has 22 heavy (non-hydrogen) atoms.